The van der Waals surface area contributed by atoms with E-state index in [2.05, 4.69) is 44.8 Å². The number of methoxy groups -OCH3 is 1. The number of halogens is 1. The van der Waals surface area contributed by atoms with Gasteiger partial charge in [-0.3, -0.25) is 4.99 Å². The van der Waals surface area contributed by atoms with Crippen molar-refractivity contribution in [3.05, 3.63) is 29.8 Å². The lowest BCUT2D eigenvalue weighted by Crippen LogP contribution is -2.45. The largest absolute Gasteiger partial charge is 0.378 e. The fourth-order valence-corrected chi connectivity index (χ4v) is 2.42. The molecule has 0 aromatic heterocycles. The maximum Gasteiger partial charge on any atom is 0.191 e. The molecule has 0 spiro atoms. The van der Waals surface area contributed by atoms with E-state index in [-0.39, 0.29) is 29.6 Å². The van der Waals surface area contributed by atoms with Crippen LogP contribution >= 0.6 is 24.0 Å². The van der Waals surface area contributed by atoms with Crippen LogP contribution in [0.2, 0.25) is 0 Å². The van der Waals surface area contributed by atoms with Gasteiger partial charge in [0.15, 0.2) is 5.96 Å². The van der Waals surface area contributed by atoms with Gasteiger partial charge in [0.25, 0.3) is 0 Å². The molecule has 1 fully saturated rings. The first-order valence-electron chi connectivity index (χ1n) is 8.45. The molecule has 2 N–H and O–H groups in total. The topological polar surface area (TPSA) is 58.1 Å². The summed E-state index contributed by atoms with van der Waals surface area (Å²) in [6.45, 7) is 9.05. The minimum atomic E-state index is -0.225. The molecule has 1 saturated heterocycles. The van der Waals surface area contributed by atoms with Crippen molar-refractivity contribution in [1.82, 2.24) is 10.6 Å². The number of nitrogens with one attached hydrogen (secondary N) is 2. The number of hydrogen-bond donors (Lipinski definition) is 2. The van der Waals surface area contributed by atoms with E-state index in [1.54, 1.807) is 14.2 Å². The molecule has 1 aromatic rings. The molecule has 7 heteroatoms. The van der Waals surface area contributed by atoms with Crippen LogP contribution < -0.4 is 15.5 Å². The summed E-state index contributed by atoms with van der Waals surface area (Å²) < 4.78 is 10.8. The van der Waals surface area contributed by atoms with Gasteiger partial charge in [-0.1, -0.05) is 12.1 Å². The second kappa shape index (κ2) is 10.8. The van der Waals surface area contributed by atoms with Crippen LogP contribution in [0.1, 0.15) is 19.4 Å². The molecule has 0 amide bonds. The fourth-order valence-electron chi connectivity index (χ4n) is 2.42. The van der Waals surface area contributed by atoms with Gasteiger partial charge < -0.3 is 25.0 Å². The second-order valence-corrected chi connectivity index (χ2v) is 6.51. The molecule has 0 unspecified atom stereocenters. The number of ether oxygens (including phenoxy) is 2. The number of hydrogen-bond acceptors (Lipinski definition) is 4. The Balaban J connectivity index is 0.00000312. The van der Waals surface area contributed by atoms with Crippen LogP contribution in [0.3, 0.4) is 0 Å². The van der Waals surface area contributed by atoms with Crippen molar-refractivity contribution in [2.24, 2.45) is 4.99 Å². The Hall–Kier alpha value is -1.06. The van der Waals surface area contributed by atoms with E-state index in [1.165, 1.54) is 11.3 Å². The van der Waals surface area contributed by atoms with E-state index in [9.17, 15) is 0 Å². The van der Waals surface area contributed by atoms with Crippen molar-refractivity contribution in [3.63, 3.8) is 0 Å². The van der Waals surface area contributed by atoms with Gasteiger partial charge in [0.2, 0.25) is 0 Å². The molecular weight excluding hydrogens is 431 g/mol. The normalized spacial score (nSPS) is 15.5. The average molecular weight is 462 g/mol. The first-order chi connectivity index (χ1) is 11.5. The predicted molar refractivity (Wildman–Crippen MR) is 114 cm³/mol. The molecule has 0 atom stereocenters. The van der Waals surface area contributed by atoms with E-state index in [0.717, 1.165) is 38.8 Å². The molecule has 0 saturated carbocycles. The van der Waals surface area contributed by atoms with Crippen LogP contribution in [0.15, 0.2) is 29.3 Å². The monoisotopic (exact) mass is 462 g/mol. The third-order valence-corrected chi connectivity index (χ3v) is 4.23. The predicted octanol–water partition coefficient (Wildman–Crippen LogP) is 2.23. The van der Waals surface area contributed by atoms with Crippen molar-refractivity contribution < 1.29 is 9.47 Å². The third-order valence-electron chi connectivity index (χ3n) is 4.23. The molecule has 1 aliphatic heterocycles. The van der Waals surface area contributed by atoms with E-state index in [4.69, 9.17) is 9.47 Å². The molecule has 1 heterocycles. The van der Waals surface area contributed by atoms with Gasteiger partial charge in [-0.05, 0) is 31.5 Å². The van der Waals surface area contributed by atoms with Crippen molar-refractivity contribution >= 4 is 35.6 Å². The zero-order valence-electron chi connectivity index (χ0n) is 15.7. The smallest absolute Gasteiger partial charge is 0.191 e. The number of morpholine rings is 1. The van der Waals surface area contributed by atoms with E-state index >= 15 is 0 Å². The first-order valence-corrected chi connectivity index (χ1v) is 8.45. The number of guanidine groups is 1. The summed E-state index contributed by atoms with van der Waals surface area (Å²) in [5, 5.41) is 6.62. The fraction of sp³-hybridized carbons (Fsp3) is 0.611. The molecule has 0 aliphatic carbocycles. The van der Waals surface area contributed by atoms with Crippen LogP contribution in [0.25, 0.3) is 0 Å². The Bertz CT molecular complexity index is 528. The number of benzene rings is 1. The van der Waals surface area contributed by atoms with Crippen LogP contribution in [-0.2, 0) is 16.0 Å². The summed E-state index contributed by atoms with van der Waals surface area (Å²) >= 11 is 0. The Morgan fingerprint density at radius 3 is 2.40 bits per heavy atom. The summed E-state index contributed by atoms with van der Waals surface area (Å²) in [5.74, 6) is 0.775. The van der Waals surface area contributed by atoms with Gasteiger partial charge in [-0.25, -0.2) is 0 Å². The zero-order valence-corrected chi connectivity index (χ0v) is 18.0. The number of aliphatic imine (C=N–C) groups is 1. The highest BCUT2D eigenvalue weighted by Crippen LogP contribution is 2.16. The molecule has 142 valence electrons. The summed E-state index contributed by atoms with van der Waals surface area (Å²) in [6.07, 6.45) is 0. The van der Waals surface area contributed by atoms with Gasteiger partial charge >= 0.3 is 0 Å². The highest BCUT2D eigenvalue weighted by atomic mass is 127. The van der Waals surface area contributed by atoms with Gasteiger partial charge in [0.05, 0.1) is 18.8 Å². The summed E-state index contributed by atoms with van der Waals surface area (Å²) in [4.78, 5) is 6.60. The molecule has 0 radical (unpaired) electrons. The molecule has 0 bridgehead atoms. The Kier molecular flexibility index (Phi) is 9.52. The SMILES string of the molecule is CN=C(NCc1ccc(N2CCOCC2)cc1)NCC(C)(C)OC.I. The van der Waals surface area contributed by atoms with Crippen LogP contribution in [0, 0.1) is 0 Å². The zero-order chi connectivity index (χ0) is 17.4. The van der Waals surface area contributed by atoms with Crippen LogP contribution in [0.5, 0.6) is 0 Å². The highest BCUT2D eigenvalue weighted by molar-refractivity contribution is 14.0. The summed E-state index contributed by atoms with van der Waals surface area (Å²) in [5.41, 5.74) is 2.25. The van der Waals surface area contributed by atoms with Gasteiger partial charge in [0, 0.05) is 46.0 Å². The first kappa shape index (κ1) is 22.0. The lowest BCUT2D eigenvalue weighted by Gasteiger charge is -2.29. The molecule has 6 nitrogen and oxygen atoms in total. The number of rotatable bonds is 6. The maximum atomic E-state index is 5.41. The van der Waals surface area contributed by atoms with Gasteiger partial charge in [-0.15, -0.1) is 24.0 Å². The van der Waals surface area contributed by atoms with Crippen LogP contribution in [0.4, 0.5) is 5.69 Å². The standard InChI is InChI=1S/C18H30N4O2.HI/c1-18(2,23-4)14-21-17(19-3)20-13-15-5-7-16(8-6-15)22-9-11-24-12-10-22;/h5-8H,9-14H2,1-4H3,(H2,19,20,21);1H. The lowest BCUT2D eigenvalue weighted by atomic mass is 10.1. The summed E-state index contributed by atoms with van der Waals surface area (Å²) in [7, 11) is 3.49. The second-order valence-electron chi connectivity index (χ2n) is 6.51. The van der Waals surface area contributed by atoms with Gasteiger partial charge in [-0.2, -0.15) is 0 Å². The highest BCUT2D eigenvalue weighted by Gasteiger charge is 2.16. The van der Waals surface area contributed by atoms with E-state index in [0.29, 0.717) is 6.54 Å². The number of nitrogens with zero attached hydrogens (tertiary/aromatic N) is 2. The Morgan fingerprint density at radius 1 is 1.20 bits per heavy atom. The third kappa shape index (κ3) is 7.37. The van der Waals surface area contributed by atoms with Crippen molar-refractivity contribution in [2.75, 3.05) is 51.9 Å². The quantitative estimate of drug-likeness (QED) is 0.386. The van der Waals surface area contributed by atoms with E-state index in [1.807, 2.05) is 13.8 Å². The minimum absolute atomic E-state index is 0. The minimum Gasteiger partial charge on any atom is -0.378 e. The molecule has 25 heavy (non-hydrogen) atoms. The Labute approximate surface area is 168 Å². The molecule has 1 aromatic carbocycles. The average Bonchev–Trinajstić information content (AvgIpc) is 2.63. The molecular formula is C18H31IN4O2. The maximum absolute atomic E-state index is 5.41. The molecule has 1 aliphatic rings. The van der Waals surface area contributed by atoms with E-state index < -0.39 is 0 Å². The van der Waals surface area contributed by atoms with Crippen molar-refractivity contribution in [2.45, 2.75) is 26.0 Å². The lowest BCUT2D eigenvalue weighted by molar-refractivity contribution is 0.0268. The number of anilines is 1. The van der Waals surface area contributed by atoms with Crippen molar-refractivity contribution in [3.8, 4) is 0 Å². The van der Waals surface area contributed by atoms with Crippen LogP contribution in [-0.4, -0.2) is 58.6 Å². The Morgan fingerprint density at radius 2 is 1.84 bits per heavy atom. The van der Waals surface area contributed by atoms with Gasteiger partial charge in [0.1, 0.15) is 0 Å². The van der Waals surface area contributed by atoms with Crippen molar-refractivity contribution in [1.29, 1.82) is 0 Å². The summed E-state index contributed by atoms with van der Waals surface area (Å²) in [6, 6.07) is 8.66. The molecule has 2 rings (SSSR count).